The molecule has 0 radical (unpaired) electrons. The van der Waals surface area contributed by atoms with Gasteiger partial charge in [0.25, 0.3) is 0 Å². The minimum Gasteiger partial charge on any atom is -0.497 e. The molecule has 0 saturated heterocycles. The van der Waals surface area contributed by atoms with Crippen molar-refractivity contribution in [2.75, 3.05) is 31.8 Å². The Bertz CT molecular complexity index is 1230. The third-order valence-corrected chi connectivity index (χ3v) is 5.10. The van der Waals surface area contributed by atoms with Gasteiger partial charge in [-0.2, -0.15) is 10.0 Å². The number of methoxy groups -OCH3 is 1. The maximum atomic E-state index is 14.2. The molecule has 0 fully saturated rings. The van der Waals surface area contributed by atoms with Gasteiger partial charge in [0.1, 0.15) is 11.6 Å². The number of aromatic nitrogens is 4. The summed E-state index contributed by atoms with van der Waals surface area (Å²) >= 11 is 0. The third kappa shape index (κ3) is 5.24. The van der Waals surface area contributed by atoms with Crippen molar-refractivity contribution in [1.29, 1.82) is 0 Å². The summed E-state index contributed by atoms with van der Waals surface area (Å²) in [5.74, 6) is -0.0710. The van der Waals surface area contributed by atoms with E-state index < -0.39 is 5.82 Å². The van der Waals surface area contributed by atoms with Crippen LogP contribution in [0.4, 0.5) is 20.3 Å². The van der Waals surface area contributed by atoms with E-state index in [1.807, 2.05) is 23.1 Å². The summed E-state index contributed by atoms with van der Waals surface area (Å²) < 4.78 is 33.3. The molecule has 10 heteroatoms. The lowest BCUT2D eigenvalue weighted by Crippen LogP contribution is -2.20. The molecule has 172 valence electrons. The monoisotopic (exact) mass is 455 g/mol. The van der Waals surface area contributed by atoms with Crippen molar-refractivity contribution in [1.82, 2.24) is 19.7 Å². The predicted molar refractivity (Wildman–Crippen MR) is 119 cm³/mol. The van der Waals surface area contributed by atoms with Crippen molar-refractivity contribution < 1.29 is 23.7 Å². The minimum absolute atomic E-state index is 0.0119. The molecule has 0 bridgehead atoms. The van der Waals surface area contributed by atoms with Gasteiger partial charge in [-0.05, 0) is 35.2 Å². The van der Waals surface area contributed by atoms with Crippen LogP contribution in [-0.2, 0) is 11.5 Å². The standard InChI is InChI=1S/C23H23F2N5O3/c1-32-20-10-17(24)9-19(11-20)30(5-2-8-33-25)18-3-4-21-22(12-18)28-23(14-26-21)16-13-27-29(15-16)6-7-31/h3-4,9-15,31H,2,5-8H2,1H3. The molecule has 0 aliphatic carbocycles. The highest BCUT2D eigenvalue weighted by molar-refractivity contribution is 5.82. The quantitative estimate of drug-likeness (QED) is 0.361. The van der Waals surface area contributed by atoms with E-state index in [9.17, 15) is 8.92 Å². The highest BCUT2D eigenvalue weighted by Crippen LogP contribution is 2.32. The lowest BCUT2D eigenvalue weighted by Gasteiger charge is -2.25. The van der Waals surface area contributed by atoms with Gasteiger partial charge in [-0.15, -0.1) is 0 Å². The molecule has 4 aromatic rings. The molecule has 2 aromatic carbocycles. The Hall–Kier alpha value is -3.63. The Balaban J connectivity index is 1.72. The first-order valence-electron chi connectivity index (χ1n) is 10.4. The normalized spacial score (nSPS) is 11.2. The summed E-state index contributed by atoms with van der Waals surface area (Å²) in [6, 6.07) is 9.91. The van der Waals surface area contributed by atoms with Crippen LogP contribution < -0.4 is 9.64 Å². The molecule has 0 saturated carbocycles. The Kier molecular flexibility index (Phi) is 7.06. The van der Waals surface area contributed by atoms with E-state index in [0.29, 0.717) is 47.7 Å². The van der Waals surface area contributed by atoms with Gasteiger partial charge < -0.3 is 14.7 Å². The van der Waals surface area contributed by atoms with Crippen molar-refractivity contribution in [2.45, 2.75) is 13.0 Å². The summed E-state index contributed by atoms with van der Waals surface area (Å²) in [6.07, 6.45) is 5.50. The van der Waals surface area contributed by atoms with Crippen LogP contribution in [0.5, 0.6) is 5.75 Å². The average Bonchev–Trinajstić information content (AvgIpc) is 3.29. The maximum absolute atomic E-state index is 14.2. The van der Waals surface area contributed by atoms with Crippen molar-refractivity contribution in [3.63, 3.8) is 0 Å². The molecule has 0 atom stereocenters. The van der Waals surface area contributed by atoms with E-state index in [0.717, 1.165) is 11.3 Å². The van der Waals surface area contributed by atoms with Crippen LogP contribution in [0.3, 0.4) is 0 Å². The Morgan fingerprint density at radius 3 is 2.76 bits per heavy atom. The van der Waals surface area contributed by atoms with Crippen LogP contribution in [0.2, 0.25) is 0 Å². The van der Waals surface area contributed by atoms with Crippen molar-refractivity contribution >= 4 is 22.4 Å². The third-order valence-electron chi connectivity index (χ3n) is 5.10. The maximum Gasteiger partial charge on any atom is 0.128 e. The molecule has 8 nitrogen and oxygen atoms in total. The summed E-state index contributed by atoms with van der Waals surface area (Å²) in [7, 11) is 1.47. The molecule has 2 aromatic heterocycles. The molecule has 0 aliphatic rings. The molecule has 33 heavy (non-hydrogen) atoms. The van der Waals surface area contributed by atoms with E-state index >= 15 is 0 Å². The van der Waals surface area contributed by atoms with Gasteiger partial charge in [0.05, 0.1) is 56.0 Å². The number of fused-ring (bicyclic) bond motifs is 1. The first-order chi connectivity index (χ1) is 16.1. The van der Waals surface area contributed by atoms with Crippen molar-refractivity contribution in [2.24, 2.45) is 0 Å². The zero-order chi connectivity index (χ0) is 23.2. The lowest BCUT2D eigenvalue weighted by atomic mass is 10.2. The lowest BCUT2D eigenvalue weighted by molar-refractivity contribution is -0.132. The van der Waals surface area contributed by atoms with Gasteiger partial charge in [0.2, 0.25) is 0 Å². The zero-order valence-corrected chi connectivity index (χ0v) is 18.0. The fourth-order valence-corrected chi connectivity index (χ4v) is 3.53. The topological polar surface area (TPSA) is 85.5 Å². The number of aliphatic hydroxyl groups excluding tert-OH is 1. The number of hydrogen-bond donors (Lipinski definition) is 1. The van der Waals surface area contributed by atoms with Crippen LogP contribution in [0, 0.1) is 5.82 Å². The fourth-order valence-electron chi connectivity index (χ4n) is 3.53. The van der Waals surface area contributed by atoms with Crippen LogP contribution in [0.1, 0.15) is 6.42 Å². The largest absolute Gasteiger partial charge is 0.497 e. The number of halogens is 2. The van der Waals surface area contributed by atoms with Gasteiger partial charge in [0.15, 0.2) is 0 Å². The molecule has 0 amide bonds. The number of anilines is 2. The number of nitrogens with zero attached hydrogens (tertiary/aromatic N) is 5. The first kappa shape index (κ1) is 22.6. The van der Waals surface area contributed by atoms with Crippen LogP contribution in [0.25, 0.3) is 22.3 Å². The van der Waals surface area contributed by atoms with E-state index in [4.69, 9.17) is 14.8 Å². The minimum atomic E-state index is -0.446. The summed E-state index contributed by atoms with van der Waals surface area (Å²) in [6.45, 7) is 0.670. The first-order valence-corrected chi connectivity index (χ1v) is 10.4. The highest BCUT2D eigenvalue weighted by Gasteiger charge is 2.14. The number of rotatable bonds is 10. The summed E-state index contributed by atoms with van der Waals surface area (Å²) in [5, 5.41) is 13.3. The smallest absolute Gasteiger partial charge is 0.128 e. The van der Waals surface area contributed by atoms with E-state index in [-0.39, 0.29) is 13.2 Å². The molecular weight excluding hydrogens is 432 g/mol. The summed E-state index contributed by atoms with van der Waals surface area (Å²) in [5.41, 5.74) is 4.02. The number of benzene rings is 2. The SMILES string of the molecule is COc1cc(F)cc(N(CCCOF)c2ccc3ncc(-c4cnn(CCO)c4)nc3c2)c1. The Labute approximate surface area is 188 Å². The van der Waals surface area contributed by atoms with E-state index in [1.165, 1.54) is 19.2 Å². The van der Waals surface area contributed by atoms with Gasteiger partial charge in [-0.1, -0.05) is 0 Å². The summed E-state index contributed by atoms with van der Waals surface area (Å²) in [4.78, 5) is 14.8. The van der Waals surface area contributed by atoms with Crippen molar-refractivity contribution in [3.05, 3.63) is 60.8 Å². The number of ether oxygens (including phenoxy) is 1. The van der Waals surface area contributed by atoms with Crippen LogP contribution in [0.15, 0.2) is 55.0 Å². The molecule has 0 unspecified atom stereocenters. The van der Waals surface area contributed by atoms with Gasteiger partial charge in [-0.25, -0.2) is 9.37 Å². The van der Waals surface area contributed by atoms with E-state index in [2.05, 4.69) is 15.0 Å². The molecule has 0 aliphatic heterocycles. The second-order valence-corrected chi connectivity index (χ2v) is 7.31. The van der Waals surface area contributed by atoms with Gasteiger partial charge in [0, 0.05) is 41.8 Å². The van der Waals surface area contributed by atoms with Crippen molar-refractivity contribution in [3.8, 4) is 17.0 Å². The zero-order valence-electron chi connectivity index (χ0n) is 18.0. The average molecular weight is 455 g/mol. The fraction of sp³-hybridized carbons (Fsp3) is 0.261. The number of hydrogen-bond acceptors (Lipinski definition) is 7. The molecule has 2 heterocycles. The predicted octanol–water partition coefficient (Wildman–Crippen LogP) is 4.06. The Morgan fingerprint density at radius 2 is 1.97 bits per heavy atom. The Morgan fingerprint density at radius 1 is 1.09 bits per heavy atom. The van der Waals surface area contributed by atoms with E-state index in [1.54, 1.807) is 29.3 Å². The van der Waals surface area contributed by atoms with Crippen LogP contribution in [-0.4, -0.2) is 51.7 Å². The van der Waals surface area contributed by atoms with Gasteiger partial charge in [-0.3, -0.25) is 9.67 Å². The second kappa shape index (κ2) is 10.3. The molecule has 0 spiro atoms. The molecule has 1 N–H and O–H groups in total. The molecular formula is C23H23F2N5O3. The number of aliphatic hydroxyl groups is 1. The highest BCUT2D eigenvalue weighted by atomic mass is 19.3. The van der Waals surface area contributed by atoms with Crippen LogP contribution >= 0.6 is 0 Å². The molecule has 4 rings (SSSR count). The second-order valence-electron chi connectivity index (χ2n) is 7.31. The van der Waals surface area contributed by atoms with Gasteiger partial charge >= 0.3 is 0 Å².